The Labute approximate surface area is 168 Å². The number of benzene rings is 2. The van der Waals surface area contributed by atoms with Crippen LogP contribution in [-0.4, -0.2) is 26.3 Å². The first-order chi connectivity index (χ1) is 14.2. The molecule has 6 nitrogen and oxygen atoms in total. The summed E-state index contributed by atoms with van der Waals surface area (Å²) in [6, 6.07) is 9.40. The molecule has 2 aromatic heterocycles. The van der Waals surface area contributed by atoms with Crippen molar-refractivity contribution in [2.24, 2.45) is 5.16 Å². The molecule has 0 aliphatic heterocycles. The fourth-order valence-electron chi connectivity index (χ4n) is 3.62. The standard InChI is InChI=1S/C21H16F3N3O3/c1-11-19(12(2)30-26-11)20-17(10-25-29)16-8-3-13(21(22,23)24)9-18(16)27(20)14-4-6-15(28)7-5-14/h3-10,28-29H,1-2H3/b25-10+. The molecule has 2 N–H and O–H groups in total. The predicted molar refractivity (Wildman–Crippen MR) is 104 cm³/mol. The Morgan fingerprint density at radius 1 is 1.10 bits per heavy atom. The molecule has 2 heterocycles. The zero-order valence-electron chi connectivity index (χ0n) is 15.9. The number of alkyl halides is 3. The van der Waals surface area contributed by atoms with Crippen LogP contribution in [0, 0.1) is 13.8 Å². The average molecular weight is 415 g/mol. The number of aromatic hydroxyl groups is 1. The van der Waals surface area contributed by atoms with Gasteiger partial charge in [-0.2, -0.15) is 13.2 Å². The number of rotatable bonds is 3. The molecule has 154 valence electrons. The van der Waals surface area contributed by atoms with Crippen LogP contribution in [0.2, 0.25) is 0 Å². The first-order valence-corrected chi connectivity index (χ1v) is 8.88. The van der Waals surface area contributed by atoms with E-state index in [-0.39, 0.29) is 11.3 Å². The average Bonchev–Trinajstić information content (AvgIpc) is 3.18. The van der Waals surface area contributed by atoms with Crippen LogP contribution >= 0.6 is 0 Å². The highest BCUT2D eigenvalue weighted by Crippen LogP contribution is 2.41. The van der Waals surface area contributed by atoms with Gasteiger partial charge in [0.05, 0.1) is 34.2 Å². The molecule has 0 fully saturated rings. The van der Waals surface area contributed by atoms with Crippen LogP contribution in [-0.2, 0) is 6.18 Å². The Bertz CT molecular complexity index is 1250. The van der Waals surface area contributed by atoms with Crippen molar-refractivity contribution >= 4 is 17.1 Å². The molecule has 4 aromatic rings. The number of phenolic OH excluding ortho intramolecular Hbond substituents is 1. The molecule has 0 aliphatic carbocycles. The molecule has 0 saturated carbocycles. The molecule has 2 aromatic carbocycles. The second-order valence-corrected chi connectivity index (χ2v) is 6.79. The van der Waals surface area contributed by atoms with Gasteiger partial charge in [-0.3, -0.25) is 0 Å². The second-order valence-electron chi connectivity index (χ2n) is 6.79. The number of halogens is 3. The van der Waals surface area contributed by atoms with Gasteiger partial charge < -0.3 is 19.4 Å². The summed E-state index contributed by atoms with van der Waals surface area (Å²) in [5.74, 6) is 0.473. The third-order valence-corrected chi connectivity index (χ3v) is 4.90. The first kappa shape index (κ1) is 19.6. The van der Waals surface area contributed by atoms with E-state index in [1.54, 1.807) is 30.5 Å². The highest BCUT2D eigenvalue weighted by atomic mass is 19.4. The van der Waals surface area contributed by atoms with Crippen LogP contribution in [0.15, 0.2) is 52.1 Å². The quantitative estimate of drug-likeness (QED) is 0.265. The van der Waals surface area contributed by atoms with Gasteiger partial charge in [0.15, 0.2) is 0 Å². The van der Waals surface area contributed by atoms with Crippen LogP contribution in [0.1, 0.15) is 22.6 Å². The van der Waals surface area contributed by atoms with Crippen molar-refractivity contribution in [3.63, 3.8) is 0 Å². The summed E-state index contributed by atoms with van der Waals surface area (Å²) in [7, 11) is 0. The molecular weight excluding hydrogens is 399 g/mol. The van der Waals surface area contributed by atoms with Crippen LogP contribution in [0.25, 0.3) is 27.8 Å². The SMILES string of the molecule is Cc1noc(C)c1-c1c(/C=N/O)c2ccc(C(F)(F)F)cc2n1-c1ccc(O)cc1. The van der Waals surface area contributed by atoms with Crippen molar-refractivity contribution in [1.82, 2.24) is 9.72 Å². The molecular formula is C21H16F3N3O3. The minimum Gasteiger partial charge on any atom is -0.508 e. The predicted octanol–water partition coefficient (Wildman–Crippen LogP) is 5.43. The summed E-state index contributed by atoms with van der Waals surface area (Å²) < 4.78 is 47.2. The number of nitrogens with zero attached hydrogens (tertiary/aromatic N) is 3. The number of phenols is 1. The maximum atomic E-state index is 13.4. The number of aromatic nitrogens is 2. The van der Waals surface area contributed by atoms with Crippen molar-refractivity contribution in [2.75, 3.05) is 0 Å². The topological polar surface area (TPSA) is 83.8 Å². The minimum atomic E-state index is -4.54. The van der Waals surface area contributed by atoms with Gasteiger partial charge in [-0.1, -0.05) is 16.4 Å². The summed E-state index contributed by atoms with van der Waals surface area (Å²) in [6.07, 6.45) is -3.36. The highest BCUT2D eigenvalue weighted by Gasteiger charge is 2.32. The Balaban J connectivity index is 2.20. The van der Waals surface area contributed by atoms with Crippen LogP contribution in [0.5, 0.6) is 5.75 Å². The van der Waals surface area contributed by atoms with Crippen molar-refractivity contribution in [3.8, 4) is 22.7 Å². The number of fused-ring (bicyclic) bond motifs is 1. The van der Waals surface area contributed by atoms with Crippen molar-refractivity contribution < 1.29 is 28.0 Å². The van der Waals surface area contributed by atoms with Gasteiger partial charge in [0.1, 0.15) is 11.5 Å². The van der Waals surface area contributed by atoms with Crippen LogP contribution in [0.4, 0.5) is 13.2 Å². The summed E-state index contributed by atoms with van der Waals surface area (Å²) in [6.45, 7) is 3.40. The summed E-state index contributed by atoms with van der Waals surface area (Å²) in [4.78, 5) is 0. The van der Waals surface area contributed by atoms with E-state index in [0.717, 1.165) is 12.1 Å². The smallest absolute Gasteiger partial charge is 0.416 e. The molecule has 0 unspecified atom stereocenters. The molecule has 0 amide bonds. The van der Waals surface area contributed by atoms with Gasteiger partial charge in [-0.25, -0.2) is 0 Å². The van der Waals surface area contributed by atoms with E-state index in [4.69, 9.17) is 4.52 Å². The van der Waals surface area contributed by atoms with Crippen LogP contribution < -0.4 is 0 Å². The van der Waals surface area contributed by atoms with Gasteiger partial charge in [-0.05, 0) is 50.2 Å². The molecule has 30 heavy (non-hydrogen) atoms. The number of hydrogen-bond donors (Lipinski definition) is 2. The van der Waals surface area contributed by atoms with Gasteiger partial charge in [0.25, 0.3) is 0 Å². The van der Waals surface area contributed by atoms with Gasteiger partial charge >= 0.3 is 6.18 Å². The van der Waals surface area contributed by atoms with E-state index in [2.05, 4.69) is 10.3 Å². The molecule has 0 radical (unpaired) electrons. The first-order valence-electron chi connectivity index (χ1n) is 8.88. The maximum absolute atomic E-state index is 13.4. The second kappa shape index (κ2) is 6.94. The van der Waals surface area contributed by atoms with Gasteiger partial charge in [-0.15, -0.1) is 0 Å². The monoisotopic (exact) mass is 415 g/mol. The molecule has 0 aliphatic rings. The van der Waals surface area contributed by atoms with E-state index >= 15 is 0 Å². The Morgan fingerprint density at radius 3 is 2.37 bits per heavy atom. The Kier molecular flexibility index (Phi) is 4.53. The largest absolute Gasteiger partial charge is 0.508 e. The minimum absolute atomic E-state index is 0.0159. The fourth-order valence-corrected chi connectivity index (χ4v) is 3.62. The molecule has 0 atom stereocenters. The number of aryl methyl sites for hydroxylation is 2. The zero-order valence-corrected chi connectivity index (χ0v) is 15.9. The summed E-state index contributed by atoms with van der Waals surface area (Å²) in [5, 5.41) is 26.4. The lowest BCUT2D eigenvalue weighted by molar-refractivity contribution is -0.137. The highest BCUT2D eigenvalue weighted by molar-refractivity contribution is 6.08. The fraction of sp³-hybridized carbons (Fsp3) is 0.143. The molecule has 0 saturated heterocycles. The number of oxime groups is 1. The van der Waals surface area contributed by atoms with E-state index in [1.165, 1.54) is 24.4 Å². The summed E-state index contributed by atoms with van der Waals surface area (Å²) in [5.41, 5.74) is 1.91. The summed E-state index contributed by atoms with van der Waals surface area (Å²) >= 11 is 0. The Hall–Kier alpha value is -3.75. The van der Waals surface area contributed by atoms with E-state index < -0.39 is 11.7 Å². The lowest BCUT2D eigenvalue weighted by atomic mass is 10.0. The van der Waals surface area contributed by atoms with Crippen molar-refractivity contribution in [2.45, 2.75) is 20.0 Å². The Morgan fingerprint density at radius 2 is 1.80 bits per heavy atom. The van der Waals surface area contributed by atoms with Crippen molar-refractivity contribution in [1.29, 1.82) is 0 Å². The van der Waals surface area contributed by atoms with Crippen LogP contribution in [0.3, 0.4) is 0 Å². The maximum Gasteiger partial charge on any atom is 0.416 e. The molecule has 0 spiro atoms. The van der Waals surface area contributed by atoms with Gasteiger partial charge in [0, 0.05) is 16.6 Å². The number of hydrogen-bond acceptors (Lipinski definition) is 5. The van der Waals surface area contributed by atoms with Crippen molar-refractivity contribution in [3.05, 3.63) is 65.0 Å². The van der Waals surface area contributed by atoms with Gasteiger partial charge in [0.2, 0.25) is 0 Å². The molecule has 0 bridgehead atoms. The zero-order chi connectivity index (χ0) is 21.6. The molecule has 4 rings (SSSR count). The lowest BCUT2D eigenvalue weighted by Crippen LogP contribution is -2.05. The molecule has 9 heteroatoms. The van der Waals surface area contributed by atoms with E-state index in [1.807, 2.05) is 0 Å². The normalized spacial score (nSPS) is 12.3. The van der Waals surface area contributed by atoms with E-state index in [9.17, 15) is 23.5 Å². The third-order valence-electron chi connectivity index (χ3n) is 4.90. The van der Waals surface area contributed by atoms with E-state index in [0.29, 0.717) is 39.3 Å². The lowest BCUT2D eigenvalue weighted by Gasteiger charge is -2.13. The third kappa shape index (κ3) is 3.08.